The van der Waals surface area contributed by atoms with E-state index in [-0.39, 0.29) is 24.1 Å². The summed E-state index contributed by atoms with van der Waals surface area (Å²) in [6.45, 7) is 1.47. The van der Waals surface area contributed by atoms with E-state index in [9.17, 15) is 9.90 Å². The van der Waals surface area contributed by atoms with Crippen molar-refractivity contribution in [2.75, 3.05) is 13.1 Å². The Balaban J connectivity index is 1.17. The van der Waals surface area contributed by atoms with Crippen molar-refractivity contribution >= 4 is 6.03 Å². The van der Waals surface area contributed by atoms with Crippen LogP contribution >= 0.6 is 0 Å². The van der Waals surface area contributed by atoms with E-state index < -0.39 is 0 Å². The fourth-order valence-corrected chi connectivity index (χ4v) is 5.59. The largest absolute Gasteiger partial charge is 0.393 e. The molecule has 2 N–H and O–H groups in total. The molecule has 1 aromatic carbocycles. The molecule has 3 heterocycles. The lowest BCUT2D eigenvalue weighted by Gasteiger charge is -2.36. The zero-order valence-corrected chi connectivity index (χ0v) is 17.5. The maximum Gasteiger partial charge on any atom is 0.317 e. The van der Waals surface area contributed by atoms with Gasteiger partial charge in [-0.2, -0.15) is 0 Å². The minimum atomic E-state index is -0.375. The minimum Gasteiger partial charge on any atom is -0.393 e. The Morgan fingerprint density at radius 1 is 1.13 bits per heavy atom. The number of imidazole rings is 1. The van der Waals surface area contributed by atoms with Crippen molar-refractivity contribution in [2.45, 2.75) is 69.6 Å². The molecule has 6 nitrogen and oxygen atoms in total. The normalized spacial score (nSPS) is 23.1. The van der Waals surface area contributed by atoms with Gasteiger partial charge in [0.1, 0.15) is 0 Å². The summed E-state index contributed by atoms with van der Waals surface area (Å²) in [6.07, 6.45) is 11.8. The third-order valence-electron chi connectivity index (χ3n) is 7.37. The van der Waals surface area contributed by atoms with Crippen molar-refractivity contribution in [2.24, 2.45) is 5.92 Å². The van der Waals surface area contributed by atoms with Crippen molar-refractivity contribution in [3.05, 3.63) is 42.4 Å². The predicted octanol–water partition coefficient (Wildman–Crippen LogP) is 3.96. The number of aliphatic hydroxyl groups is 1. The number of benzene rings is 1. The van der Waals surface area contributed by atoms with Gasteiger partial charge in [-0.1, -0.05) is 43.5 Å². The Hall–Kier alpha value is -2.34. The standard InChI is InChI=1S/C24H32N4O2/c29-23(14-21-19-8-4-5-9-20(19)22-15-25-16-28(21)22)17-10-12-27(13-11-17)24(30)26-18-6-2-1-3-7-18/h4-5,8-9,15-18,21,23,29H,1-3,6-7,10-14H2,(H,26,30). The molecule has 1 aromatic heterocycles. The zero-order valence-electron chi connectivity index (χ0n) is 17.5. The fraction of sp³-hybridized carbons (Fsp3) is 0.583. The smallest absolute Gasteiger partial charge is 0.317 e. The summed E-state index contributed by atoms with van der Waals surface area (Å²) in [5.74, 6) is 0.239. The number of aliphatic hydroxyl groups excluding tert-OH is 1. The molecule has 2 aliphatic heterocycles. The SMILES string of the molecule is O=C(NC1CCCCC1)N1CCC(C(O)CC2c3ccccc3-c3cncn32)CC1. The van der Waals surface area contributed by atoms with Gasteiger partial charge in [0.15, 0.2) is 0 Å². The molecule has 1 aliphatic carbocycles. The van der Waals surface area contributed by atoms with Gasteiger partial charge in [0.2, 0.25) is 0 Å². The van der Waals surface area contributed by atoms with E-state index in [0.717, 1.165) is 44.5 Å². The van der Waals surface area contributed by atoms with Gasteiger partial charge in [-0.15, -0.1) is 0 Å². The summed E-state index contributed by atoms with van der Waals surface area (Å²) in [5, 5.41) is 14.3. The molecule has 0 spiro atoms. The van der Waals surface area contributed by atoms with Crippen LogP contribution in [-0.2, 0) is 0 Å². The van der Waals surface area contributed by atoms with Crippen LogP contribution in [0.1, 0.15) is 63.0 Å². The highest BCUT2D eigenvalue weighted by atomic mass is 16.3. The van der Waals surface area contributed by atoms with Gasteiger partial charge < -0.3 is 19.9 Å². The molecule has 1 saturated heterocycles. The molecule has 0 bridgehead atoms. The third kappa shape index (κ3) is 3.73. The average molecular weight is 409 g/mol. The summed E-state index contributed by atoms with van der Waals surface area (Å²) in [4.78, 5) is 18.9. The monoisotopic (exact) mass is 408 g/mol. The van der Waals surface area contributed by atoms with E-state index in [1.807, 2.05) is 17.4 Å². The van der Waals surface area contributed by atoms with E-state index in [1.54, 1.807) is 0 Å². The molecule has 30 heavy (non-hydrogen) atoms. The fourth-order valence-electron chi connectivity index (χ4n) is 5.59. The number of carbonyl (C=O) groups excluding carboxylic acids is 1. The average Bonchev–Trinajstić information content (AvgIpc) is 3.37. The van der Waals surface area contributed by atoms with Crippen LogP contribution in [0.4, 0.5) is 4.79 Å². The minimum absolute atomic E-state index is 0.0858. The highest BCUT2D eigenvalue weighted by Gasteiger charge is 2.34. The van der Waals surface area contributed by atoms with Crippen LogP contribution in [0.5, 0.6) is 0 Å². The van der Waals surface area contributed by atoms with Crippen LogP contribution in [0.25, 0.3) is 11.3 Å². The lowest BCUT2D eigenvalue weighted by atomic mass is 9.86. The van der Waals surface area contributed by atoms with E-state index in [1.165, 1.54) is 30.4 Å². The van der Waals surface area contributed by atoms with Gasteiger partial charge in [-0.25, -0.2) is 9.78 Å². The first kappa shape index (κ1) is 19.6. The van der Waals surface area contributed by atoms with E-state index in [2.05, 4.69) is 39.1 Å². The highest BCUT2D eigenvalue weighted by Crippen LogP contribution is 2.42. The Bertz CT molecular complexity index is 881. The van der Waals surface area contributed by atoms with E-state index >= 15 is 0 Å². The first-order chi connectivity index (χ1) is 14.7. The van der Waals surface area contributed by atoms with Gasteiger partial charge in [0.05, 0.1) is 30.4 Å². The topological polar surface area (TPSA) is 70.4 Å². The number of fused-ring (bicyclic) bond motifs is 3. The number of nitrogens with one attached hydrogen (secondary N) is 1. The number of hydrogen-bond acceptors (Lipinski definition) is 3. The van der Waals surface area contributed by atoms with Gasteiger partial charge >= 0.3 is 6.03 Å². The molecule has 2 amide bonds. The quantitative estimate of drug-likeness (QED) is 0.805. The second-order valence-corrected chi connectivity index (χ2v) is 9.20. The Labute approximate surface area is 178 Å². The Kier molecular flexibility index (Phi) is 5.50. The zero-order chi connectivity index (χ0) is 20.5. The van der Waals surface area contributed by atoms with Gasteiger partial charge in [-0.05, 0) is 43.6 Å². The predicted molar refractivity (Wildman–Crippen MR) is 116 cm³/mol. The number of likely N-dealkylation sites (tertiary alicyclic amines) is 1. The van der Waals surface area contributed by atoms with Crippen molar-refractivity contribution < 1.29 is 9.90 Å². The molecule has 1 saturated carbocycles. The molecule has 2 aromatic rings. The van der Waals surface area contributed by atoms with Gasteiger partial charge in [0.25, 0.3) is 0 Å². The molecule has 3 aliphatic rings. The van der Waals surface area contributed by atoms with Crippen LogP contribution in [0.3, 0.4) is 0 Å². The number of piperidine rings is 1. The summed E-state index contributed by atoms with van der Waals surface area (Å²) in [6, 6.07) is 9.01. The second kappa shape index (κ2) is 8.42. The Morgan fingerprint density at radius 3 is 2.70 bits per heavy atom. The molecule has 0 radical (unpaired) electrons. The van der Waals surface area contributed by atoms with Crippen molar-refractivity contribution in [3.63, 3.8) is 0 Å². The maximum absolute atomic E-state index is 12.6. The first-order valence-electron chi connectivity index (χ1n) is 11.6. The second-order valence-electron chi connectivity index (χ2n) is 9.20. The highest BCUT2D eigenvalue weighted by molar-refractivity contribution is 5.74. The number of amides is 2. The number of hydrogen-bond donors (Lipinski definition) is 2. The molecular weight excluding hydrogens is 376 g/mol. The van der Waals surface area contributed by atoms with Crippen LogP contribution in [0.15, 0.2) is 36.8 Å². The van der Waals surface area contributed by atoms with Gasteiger partial charge in [-0.3, -0.25) is 0 Å². The van der Waals surface area contributed by atoms with Crippen molar-refractivity contribution in [1.29, 1.82) is 0 Å². The number of nitrogens with zero attached hydrogens (tertiary/aromatic N) is 3. The molecule has 2 unspecified atom stereocenters. The van der Waals surface area contributed by atoms with E-state index in [0.29, 0.717) is 12.5 Å². The number of aromatic nitrogens is 2. The summed E-state index contributed by atoms with van der Waals surface area (Å²) < 4.78 is 2.20. The molecule has 160 valence electrons. The Morgan fingerprint density at radius 2 is 1.90 bits per heavy atom. The molecule has 2 atom stereocenters. The maximum atomic E-state index is 12.6. The molecule has 2 fully saturated rings. The molecule has 5 rings (SSSR count). The van der Waals surface area contributed by atoms with Crippen LogP contribution in [0, 0.1) is 5.92 Å². The molecule has 6 heteroatoms. The summed E-state index contributed by atoms with van der Waals surface area (Å²) in [5.41, 5.74) is 3.64. The van der Waals surface area contributed by atoms with E-state index in [4.69, 9.17) is 0 Å². The summed E-state index contributed by atoms with van der Waals surface area (Å²) >= 11 is 0. The number of carbonyl (C=O) groups is 1. The third-order valence-corrected chi connectivity index (χ3v) is 7.37. The van der Waals surface area contributed by atoms with Crippen LogP contribution < -0.4 is 5.32 Å². The van der Waals surface area contributed by atoms with Crippen LogP contribution in [0.2, 0.25) is 0 Å². The summed E-state index contributed by atoms with van der Waals surface area (Å²) in [7, 11) is 0. The van der Waals surface area contributed by atoms with Gasteiger partial charge in [0, 0.05) is 24.7 Å². The molecular formula is C24H32N4O2. The first-order valence-corrected chi connectivity index (χ1v) is 11.6. The lowest BCUT2D eigenvalue weighted by Crippen LogP contribution is -2.49. The van der Waals surface area contributed by atoms with Crippen LogP contribution in [-0.4, -0.2) is 50.8 Å². The number of rotatable bonds is 4. The lowest BCUT2D eigenvalue weighted by molar-refractivity contribution is 0.0534. The van der Waals surface area contributed by atoms with Crippen molar-refractivity contribution in [3.8, 4) is 11.3 Å². The number of urea groups is 1. The van der Waals surface area contributed by atoms with Crippen molar-refractivity contribution in [1.82, 2.24) is 19.8 Å².